The van der Waals surface area contributed by atoms with Crippen LogP contribution in [-0.4, -0.2) is 29.5 Å². The number of esters is 2. The lowest BCUT2D eigenvalue weighted by molar-refractivity contribution is -0.384. The van der Waals surface area contributed by atoms with Gasteiger partial charge in [0.05, 0.1) is 10.5 Å². The summed E-state index contributed by atoms with van der Waals surface area (Å²) in [6.45, 7) is -0.136. The summed E-state index contributed by atoms with van der Waals surface area (Å²) in [6, 6.07) is 16.3. The van der Waals surface area contributed by atoms with Crippen LogP contribution in [0.25, 0.3) is 11.1 Å². The van der Waals surface area contributed by atoms with E-state index in [4.69, 9.17) is 10.5 Å². The summed E-state index contributed by atoms with van der Waals surface area (Å²) in [5, 5.41) is 11.4. The van der Waals surface area contributed by atoms with Gasteiger partial charge in [-0.05, 0) is 34.2 Å². The van der Waals surface area contributed by atoms with E-state index in [9.17, 15) is 41.7 Å². The molecule has 0 heterocycles. The largest absolute Gasteiger partial charge is 0.461 e. The van der Waals surface area contributed by atoms with Crippen molar-refractivity contribution in [3.63, 3.8) is 0 Å². The quantitative estimate of drug-likeness (QED) is 0.0523. The van der Waals surface area contributed by atoms with E-state index in [1.807, 2.05) is 48.5 Å². The summed E-state index contributed by atoms with van der Waals surface area (Å²) in [6.07, 6.45) is -0.578. The van der Waals surface area contributed by atoms with Crippen molar-refractivity contribution >= 4 is 17.6 Å². The van der Waals surface area contributed by atoms with E-state index < -0.39 is 69.8 Å². The molecule has 1 aliphatic carbocycles. The van der Waals surface area contributed by atoms with Crippen molar-refractivity contribution in [3.05, 3.63) is 128 Å². The number of benzene rings is 4. The van der Waals surface area contributed by atoms with E-state index in [1.54, 1.807) is 0 Å². The van der Waals surface area contributed by atoms with E-state index >= 15 is 0 Å². The van der Waals surface area contributed by atoms with Crippen LogP contribution in [0.15, 0.2) is 66.7 Å². The second kappa shape index (κ2) is 11.6. The van der Waals surface area contributed by atoms with Crippen LogP contribution in [0.2, 0.25) is 0 Å². The molecule has 0 amide bonds. The van der Waals surface area contributed by atoms with Crippen molar-refractivity contribution in [3.8, 4) is 16.9 Å². The third kappa shape index (κ3) is 5.42. The maximum Gasteiger partial charge on any atom is 0.338 e. The van der Waals surface area contributed by atoms with Crippen molar-refractivity contribution in [2.75, 3.05) is 6.61 Å². The van der Waals surface area contributed by atoms with Gasteiger partial charge in [-0.15, -0.1) is 0 Å². The minimum absolute atomic E-state index is 0.0373. The molecule has 0 saturated carbocycles. The Balaban J connectivity index is 1.37. The van der Waals surface area contributed by atoms with Crippen LogP contribution in [0.1, 0.15) is 33.0 Å². The highest BCUT2D eigenvalue weighted by Gasteiger charge is 2.32. The zero-order valence-electron chi connectivity index (χ0n) is 21.8. The summed E-state index contributed by atoms with van der Waals surface area (Å²) in [7, 11) is 0. The lowest BCUT2D eigenvalue weighted by Crippen LogP contribution is -2.37. The smallest absolute Gasteiger partial charge is 0.338 e. The monoisotopic (exact) mass is 598 g/mol. The van der Waals surface area contributed by atoms with E-state index in [0.717, 1.165) is 40.5 Å². The minimum Gasteiger partial charge on any atom is -0.461 e. The second-order valence-corrected chi connectivity index (χ2v) is 9.55. The van der Waals surface area contributed by atoms with Gasteiger partial charge in [0, 0.05) is 18.1 Å². The van der Waals surface area contributed by atoms with Gasteiger partial charge in [0.2, 0.25) is 34.8 Å². The van der Waals surface area contributed by atoms with Gasteiger partial charge in [-0.25, -0.2) is 22.8 Å². The fourth-order valence-electron chi connectivity index (χ4n) is 4.89. The molecule has 1 atom stereocenters. The van der Waals surface area contributed by atoms with Crippen LogP contribution in [0.5, 0.6) is 5.75 Å². The number of non-ortho nitro benzene ring substituents is 1. The molecule has 1 unspecified atom stereocenters. The van der Waals surface area contributed by atoms with Gasteiger partial charge >= 0.3 is 11.9 Å². The summed E-state index contributed by atoms with van der Waals surface area (Å²) in [5.41, 5.74) is 8.69. The van der Waals surface area contributed by atoms with Crippen LogP contribution in [0.3, 0.4) is 0 Å². The molecule has 8 nitrogen and oxygen atoms in total. The van der Waals surface area contributed by atoms with Gasteiger partial charge in [0.15, 0.2) is 0 Å². The molecule has 13 heteroatoms. The number of hydrogen-bond acceptors (Lipinski definition) is 7. The number of carbonyl (C=O) groups excluding carboxylic acids is 2. The fourth-order valence-corrected chi connectivity index (χ4v) is 4.89. The number of nitro groups is 1. The molecule has 0 radical (unpaired) electrons. The van der Waals surface area contributed by atoms with E-state index in [0.29, 0.717) is 0 Å². The first-order valence-corrected chi connectivity index (χ1v) is 12.6. The maximum absolute atomic E-state index is 14.0. The van der Waals surface area contributed by atoms with E-state index in [1.165, 1.54) is 0 Å². The molecule has 0 aliphatic heterocycles. The second-order valence-electron chi connectivity index (χ2n) is 9.55. The molecule has 0 bridgehead atoms. The van der Waals surface area contributed by atoms with Crippen molar-refractivity contribution in [1.29, 1.82) is 0 Å². The molecule has 0 aromatic heterocycles. The number of nitrogens with zero attached hydrogens (tertiary/aromatic N) is 1. The predicted molar refractivity (Wildman–Crippen MR) is 141 cm³/mol. The van der Waals surface area contributed by atoms with Gasteiger partial charge in [0.1, 0.15) is 12.6 Å². The first kappa shape index (κ1) is 29.3. The number of ether oxygens (including phenoxy) is 2. The molecule has 0 spiro atoms. The number of nitro benzene ring substituents is 1. The minimum atomic E-state index is -2.45. The molecule has 4 aromatic rings. The molecule has 0 saturated heterocycles. The fraction of sp³-hybridized carbons (Fsp3) is 0.133. The summed E-state index contributed by atoms with van der Waals surface area (Å²) in [5.74, 6) is -16.6. The van der Waals surface area contributed by atoms with Crippen molar-refractivity contribution in [2.45, 2.75) is 18.4 Å². The van der Waals surface area contributed by atoms with E-state index in [2.05, 4.69) is 4.74 Å². The first-order chi connectivity index (χ1) is 20.5. The zero-order chi connectivity index (χ0) is 31.0. The van der Waals surface area contributed by atoms with Crippen molar-refractivity contribution in [1.82, 2.24) is 0 Å². The highest BCUT2D eigenvalue weighted by molar-refractivity contribution is 5.92. The number of hydrogen-bond donors (Lipinski definition) is 1. The van der Waals surface area contributed by atoms with Crippen LogP contribution in [0, 0.1) is 39.2 Å². The molecular weight excluding hydrogens is 579 g/mol. The number of nitrogens with two attached hydrogens (primary N) is 1. The molecule has 2 N–H and O–H groups in total. The molecule has 43 heavy (non-hydrogen) atoms. The summed E-state index contributed by atoms with van der Waals surface area (Å²) >= 11 is 0. The first-order valence-electron chi connectivity index (χ1n) is 12.6. The van der Waals surface area contributed by atoms with E-state index in [-0.39, 0.29) is 23.7 Å². The van der Waals surface area contributed by atoms with Crippen molar-refractivity contribution < 1.29 is 45.9 Å². The molecule has 220 valence electrons. The van der Waals surface area contributed by atoms with Crippen LogP contribution >= 0.6 is 0 Å². The Morgan fingerprint density at radius 3 is 1.93 bits per heavy atom. The standard InChI is InChI=1S/C30H19F5N2O6/c31-23-24(32)26(34)28(27(35)25(23)33)43-30(39)22(36)11-14-9-10-15(37(40)41)12-20(14)29(38)42-13-21-18-7-3-1-5-16(18)17-6-2-4-8-19(17)21/h1-10,12,21-22H,11,13,36H2. The van der Waals surface area contributed by atoms with Gasteiger partial charge in [-0.2, -0.15) is 8.78 Å². The molecule has 0 fully saturated rings. The van der Waals surface area contributed by atoms with Gasteiger partial charge in [-0.3, -0.25) is 10.1 Å². The van der Waals surface area contributed by atoms with Gasteiger partial charge < -0.3 is 15.2 Å². The third-order valence-corrected chi connectivity index (χ3v) is 6.98. The Morgan fingerprint density at radius 2 is 1.37 bits per heavy atom. The maximum atomic E-state index is 14.0. The Labute approximate surface area is 239 Å². The molecular formula is C30H19F5N2O6. The Bertz CT molecular complexity index is 1720. The molecule has 1 aliphatic rings. The summed E-state index contributed by atoms with van der Waals surface area (Å²) in [4.78, 5) is 36.4. The lowest BCUT2D eigenvalue weighted by atomic mass is 9.97. The Kier molecular flexibility index (Phi) is 7.91. The summed E-state index contributed by atoms with van der Waals surface area (Å²) < 4.78 is 78.2. The average molecular weight is 598 g/mol. The topological polar surface area (TPSA) is 122 Å². The SMILES string of the molecule is NC(Cc1ccc([N+](=O)[O-])cc1C(=O)OCC1c2ccccc2-c2ccccc21)C(=O)Oc1c(F)c(F)c(F)c(F)c1F. The molecule has 4 aromatic carbocycles. The number of rotatable bonds is 8. The molecule has 5 rings (SSSR count). The average Bonchev–Trinajstić information content (AvgIpc) is 3.33. The van der Waals surface area contributed by atoms with Gasteiger partial charge in [0.25, 0.3) is 5.69 Å². The number of halogens is 5. The number of fused-ring (bicyclic) bond motifs is 3. The lowest BCUT2D eigenvalue weighted by Gasteiger charge is -2.17. The van der Waals surface area contributed by atoms with Crippen LogP contribution < -0.4 is 10.5 Å². The predicted octanol–water partition coefficient (Wildman–Crippen LogP) is 5.74. The normalized spacial score (nSPS) is 12.8. The third-order valence-electron chi connectivity index (χ3n) is 6.98. The van der Waals surface area contributed by atoms with Crippen molar-refractivity contribution in [2.24, 2.45) is 5.73 Å². The zero-order valence-corrected chi connectivity index (χ0v) is 21.8. The number of carbonyl (C=O) groups is 2. The highest BCUT2D eigenvalue weighted by atomic mass is 19.2. The van der Waals surface area contributed by atoms with Crippen LogP contribution in [0.4, 0.5) is 27.6 Å². The Hall–Kier alpha value is -5.17. The van der Waals surface area contributed by atoms with Gasteiger partial charge in [-0.1, -0.05) is 54.6 Å². The Morgan fingerprint density at radius 1 is 0.837 bits per heavy atom. The van der Waals surface area contributed by atoms with Crippen LogP contribution in [-0.2, 0) is 16.0 Å². The highest BCUT2D eigenvalue weighted by Crippen LogP contribution is 2.44.